The van der Waals surface area contributed by atoms with Crippen LogP contribution in [0, 0.1) is 13.8 Å². The van der Waals surface area contributed by atoms with Crippen LogP contribution in [-0.2, 0) is 0 Å². The zero-order valence-corrected chi connectivity index (χ0v) is 19.6. The van der Waals surface area contributed by atoms with Crippen LogP contribution in [0.4, 0.5) is 0 Å². The highest BCUT2D eigenvalue weighted by molar-refractivity contribution is 5.68. The minimum atomic E-state index is 0.657. The van der Waals surface area contributed by atoms with Crippen molar-refractivity contribution in [3.63, 3.8) is 0 Å². The van der Waals surface area contributed by atoms with Crippen molar-refractivity contribution in [1.82, 2.24) is 24.8 Å². The van der Waals surface area contributed by atoms with Crippen LogP contribution in [0.15, 0.2) is 42.6 Å². The third kappa shape index (κ3) is 5.96. The number of ether oxygens (including phenoxy) is 1. The smallest absolute Gasteiger partial charge is 0.213 e. The molecular weight excluding hydrogens is 398 g/mol. The second kappa shape index (κ2) is 10.7. The van der Waals surface area contributed by atoms with Gasteiger partial charge in [-0.25, -0.2) is 9.97 Å². The monoisotopic (exact) mass is 433 g/mol. The molecule has 1 aliphatic rings. The Morgan fingerprint density at radius 1 is 1.00 bits per heavy atom. The molecule has 1 saturated heterocycles. The highest BCUT2D eigenvalue weighted by atomic mass is 16.5. The second-order valence-corrected chi connectivity index (χ2v) is 8.87. The van der Waals surface area contributed by atoms with Gasteiger partial charge in [-0.2, -0.15) is 0 Å². The summed E-state index contributed by atoms with van der Waals surface area (Å²) >= 11 is 0. The molecule has 1 fully saturated rings. The van der Waals surface area contributed by atoms with E-state index in [0.717, 1.165) is 47.7 Å². The number of nitrogens with zero attached hydrogens (tertiary/aromatic N) is 4. The molecule has 0 aliphatic carbocycles. The highest BCUT2D eigenvalue weighted by Gasteiger charge is 2.13. The van der Waals surface area contributed by atoms with Crippen LogP contribution in [-0.4, -0.2) is 71.1 Å². The van der Waals surface area contributed by atoms with Crippen LogP contribution in [0.5, 0.6) is 5.88 Å². The molecule has 0 amide bonds. The number of hydrogen-bond donors (Lipinski definition) is 1. The molecule has 1 N–H and O–H groups in total. The van der Waals surface area contributed by atoms with E-state index in [-0.39, 0.29) is 0 Å². The van der Waals surface area contributed by atoms with Crippen LogP contribution in [0.1, 0.15) is 30.5 Å². The second-order valence-electron chi connectivity index (χ2n) is 8.87. The van der Waals surface area contributed by atoms with Gasteiger partial charge < -0.3 is 19.5 Å². The molecule has 3 aromatic rings. The molecule has 0 unspecified atom stereocenters. The molecule has 2 aromatic heterocycles. The number of pyridine rings is 1. The molecule has 170 valence electrons. The fourth-order valence-electron chi connectivity index (χ4n) is 4.24. The van der Waals surface area contributed by atoms with Gasteiger partial charge in [-0.3, -0.25) is 0 Å². The van der Waals surface area contributed by atoms with E-state index in [1.807, 2.05) is 12.1 Å². The molecule has 1 aliphatic heterocycles. The molecule has 32 heavy (non-hydrogen) atoms. The van der Waals surface area contributed by atoms with Crippen molar-refractivity contribution in [3.05, 3.63) is 53.9 Å². The number of aromatic amines is 1. The number of H-pyrrole nitrogens is 1. The molecular formula is C26H35N5O. The lowest BCUT2D eigenvalue weighted by Gasteiger charge is -2.19. The van der Waals surface area contributed by atoms with Crippen LogP contribution < -0.4 is 4.74 Å². The zero-order valence-electron chi connectivity index (χ0n) is 19.6. The maximum Gasteiger partial charge on any atom is 0.213 e. The normalized spacial score (nSPS) is 15.6. The van der Waals surface area contributed by atoms with Gasteiger partial charge in [0.05, 0.1) is 12.3 Å². The van der Waals surface area contributed by atoms with Crippen molar-refractivity contribution < 1.29 is 4.74 Å². The van der Waals surface area contributed by atoms with Crippen LogP contribution >= 0.6 is 0 Å². The number of nitrogens with one attached hydrogen (secondary N) is 1. The first-order valence-electron chi connectivity index (χ1n) is 11.7. The number of hydrogen-bond acceptors (Lipinski definition) is 5. The number of benzene rings is 1. The Morgan fingerprint density at radius 3 is 2.78 bits per heavy atom. The Hall–Kier alpha value is -2.70. The first-order chi connectivity index (χ1) is 15.6. The molecule has 0 spiro atoms. The summed E-state index contributed by atoms with van der Waals surface area (Å²) in [5.41, 5.74) is 5.40. The Bertz CT molecular complexity index is 1010. The van der Waals surface area contributed by atoms with E-state index >= 15 is 0 Å². The lowest BCUT2D eigenvalue weighted by molar-refractivity contribution is 0.250. The van der Waals surface area contributed by atoms with E-state index in [1.165, 1.54) is 38.2 Å². The maximum absolute atomic E-state index is 5.96. The summed E-state index contributed by atoms with van der Waals surface area (Å²) in [6.45, 7) is 10.8. The van der Waals surface area contributed by atoms with E-state index < -0.39 is 0 Å². The van der Waals surface area contributed by atoms with E-state index in [1.54, 1.807) is 6.20 Å². The lowest BCUT2D eigenvalue weighted by atomic mass is 10.1. The van der Waals surface area contributed by atoms with Crippen LogP contribution in [0.2, 0.25) is 0 Å². The van der Waals surface area contributed by atoms with E-state index in [0.29, 0.717) is 12.5 Å². The Kier molecular flexibility index (Phi) is 7.55. The van der Waals surface area contributed by atoms with Crippen LogP contribution in [0.3, 0.4) is 0 Å². The molecule has 0 radical (unpaired) electrons. The summed E-state index contributed by atoms with van der Waals surface area (Å²) in [4.78, 5) is 17.7. The third-order valence-electron chi connectivity index (χ3n) is 6.12. The number of likely N-dealkylation sites (N-methyl/N-ethyl adjacent to an activating group) is 1. The van der Waals surface area contributed by atoms with Gasteiger partial charge in [-0.05, 0) is 71.9 Å². The summed E-state index contributed by atoms with van der Waals surface area (Å²) in [7, 11) is 2.21. The Labute approximate surface area is 191 Å². The molecule has 4 rings (SSSR count). The largest absolute Gasteiger partial charge is 0.478 e. The van der Waals surface area contributed by atoms with Gasteiger partial charge >= 0.3 is 0 Å². The number of aromatic nitrogens is 3. The van der Waals surface area contributed by atoms with Gasteiger partial charge in [0, 0.05) is 42.2 Å². The summed E-state index contributed by atoms with van der Waals surface area (Å²) < 4.78 is 5.96. The lowest BCUT2D eigenvalue weighted by Crippen LogP contribution is -2.29. The summed E-state index contributed by atoms with van der Waals surface area (Å²) in [5, 5.41) is 0. The van der Waals surface area contributed by atoms with E-state index in [9.17, 15) is 0 Å². The number of imidazole rings is 1. The number of aryl methyl sites for hydroxylation is 2. The van der Waals surface area contributed by atoms with Crippen molar-refractivity contribution in [2.45, 2.75) is 33.1 Å². The first-order valence-corrected chi connectivity index (χ1v) is 11.7. The predicted molar refractivity (Wildman–Crippen MR) is 130 cm³/mol. The van der Waals surface area contributed by atoms with E-state index in [4.69, 9.17) is 9.72 Å². The van der Waals surface area contributed by atoms with Crippen molar-refractivity contribution in [2.75, 3.05) is 46.4 Å². The van der Waals surface area contributed by atoms with E-state index in [2.05, 4.69) is 64.9 Å². The number of rotatable bonds is 8. The quantitative estimate of drug-likeness (QED) is 0.528. The molecule has 6 heteroatoms. The van der Waals surface area contributed by atoms with Gasteiger partial charge in [0.25, 0.3) is 0 Å². The Balaban J connectivity index is 1.31. The van der Waals surface area contributed by atoms with Crippen molar-refractivity contribution in [2.24, 2.45) is 0 Å². The molecule has 3 heterocycles. The minimum Gasteiger partial charge on any atom is -0.478 e. The predicted octanol–water partition coefficient (Wildman–Crippen LogP) is 4.55. The summed E-state index contributed by atoms with van der Waals surface area (Å²) in [6, 6.07) is 12.4. The fourth-order valence-corrected chi connectivity index (χ4v) is 4.24. The third-order valence-corrected chi connectivity index (χ3v) is 6.12. The number of unbranched alkanes of at least 4 members (excludes halogenated alkanes) is 1. The first kappa shape index (κ1) is 22.5. The van der Waals surface area contributed by atoms with Crippen LogP contribution in [0.25, 0.3) is 22.6 Å². The molecule has 0 bridgehead atoms. The Morgan fingerprint density at radius 2 is 1.91 bits per heavy atom. The fraction of sp³-hybridized carbons (Fsp3) is 0.462. The van der Waals surface area contributed by atoms with Crippen molar-refractivity contribution in [3.8, 4) is 28.5 Å². The molecule has 6 nitrogen and oxygen atoms in total. The molecule has 0 saturated carbocycles. The van der Waals surface area contributed by atoms with Gasteiger partial charge in [0.1, 0.15) is 5.82 Å². The summed E-state index contributed by atoms with van der Waals surface area (Å²) in [5.74, 6) is 1.50. The van der Waals surface area contributed by atoms with Crippen molar-refractivity contribution in [1.29, 1.82) is 0 Å². The van der Waals surface area contributed by atoms with Gasteiger partial charge in [-0.1, -0.05) is 23.8 Å². The topological polar surface area (TPSA) is 57.3 Å². The summed E-state index contributed by atoms with van der Waals surface area (Å²) in [6.07, 6.45) is 5.25. The van der Waals surface area contributed by atoms with Gasteiger partial charge in [-0.15, -0.1) is 0 Å². The molecule has 0 atom stereocenters. The maximum atomic E-state index is 5.96. The standard InChI is InChI=1S/C26H35N5O/c1-20-8-6-9-22(18-20)25-21(2)28-26(29-25)23-10-11-27-24(19-23)32-17-5-4-13-31-14-7-12-30(3)15-16-31/h6,8-11,18-19H,4-5,7,12-17H2,1-3H3,(H,28,29). The van der Waals surface area contributed by atoms with Gasteiger partial charge in [0.2, 0.25) is 5.88 Å². The minimum absolute atomic E-state index is 0.657. The SMILES string of the molecule is Cc1cccc(-c2nc(-c3ccnc(OCCCCN4CCCN(C)CC4)c3)[nH]c2C)c1. The average molecular weight is 434 g/mol. The van der Waals surface area contributed by atoms with Crippen molar-refractivity contribution >= 4 is 0 Å². The molecule has 1 aromatic carbocycles. The van der Waals surface area contributed by atoms with Gasteiger partial charge in [0.15, 0.2) is 0 Å². The highest BCUT2D eigenvalue weighted by Crippen LogP contribution is 2.27. The average Bonchev–Trinajstić information content (AvgIpc) is 3.06. The zero-order chi connectivity index (χ0) is 22.3.